The van der Waals surface area contributed by atoms with E-state index in [0.717, 1.165) is 17.1 Å². The molecule has 1 saturated heterocycles. The number of ether oxygens (including phenoxy) is 1. The fourth-order valence-electron chi connectivity index (χ4n) is 5.00. The van der Waals surface area contributed by atoms with Crippen LogP contribution < -0.4 is 20.3 Å². The highest BCUT2D eigenvalue weighted by Crippen LogP contribution is 2.42. The Bertz CT molecular complexity index is 1660. The molecule has 6 rings (SSSR count). The number of benzene rings is 3. The lowest BCUT2D eigenvalue weighted by Crippen LogP contribution is -2.30. The Morgan fingerprint density at radius 3 is 2.49 bits per heavy atom. The van der Waals surface area contributed by atoms with E-state index in [1.165, 1.54) is 12.1 Å². The van der Waals surface area contributed by atoms with Crippen molar-refractivity contribution in [2.24, 2.45) is 0 Å². The number of nitrogens with one attached hydrogen (secondary N) is 2. The third kappa shape index (κ3) is 5.66. The average molecular weight is 564 g/mol. The number of nitrogens with zero attached hydrogens (tertiary/aromatic N) is 3. The molecule has 2 atom stereocenters. The van der Waals surface area contributed by atoms with Gasteiger partial charge in [-0.15, -0.1) is 0 Å². The lowest BCUT2D eigenvalue weighted by Gasteiger charge is -2.29. The van der Waals surface area contributed by atoms with Gasteiger partial charge in [0.05, 0.1) is 11.7 Å². The molecular formula is C32H26FN5O2S. The van der Waals surface area contributed by atoms with Crippen molar-refractivity contribution >= 4 is 34.6 Å². The molecule has 3 aromatic carbocycles. The van der Waals surface area contributed by atoms with Crippen LogP contribution in [0.3, 0.4) is 0 Å². The van der Waals surface area contributed by atoms with Crippen LogP contribution in [-0.4, -0.2) is 27.2 Å². The van der Waals surface area contributed by atoms with Gasteiger partial charge in [0.15, 0.2) is 11.7 Å². The lowest BCUT2D eigenvalue weighted by molar-refractivity contribution is -0.118. The Labute approximate surface area is 242 Å². The van der Waals surface area contributed by atoms with Crippen molar-refractivity contribution in [1.82, 2.24) is 14.9 Å². The third-order valence-corrected chi connectivity index (χ3v) is 7.12. The van der Waals surface area contributed by atoms with Gasteiger partial charge in [-0.1, -0.05) is 30.3 Å². The fraction of sp³-hybridized carbons (Fsp3) is 0.0938. The summed E-state index contributed by atoms with van der Waals surface area (Å²) in [5.74, 6) is 0.0534. The Kier molecular flexibility index (Phi) is 7.42. The highest BCUT2D eigenvalue weighted by atomic mass is 32.1. The number of halogens is 1. The van der Waals surface area contributed by atoms with Crippen molar-refractivity contribution in [2.75, 3.05) is 16.8 Å². The van der Waals surface area contributed by atoms with Crippen molar-refractivity contribution in [3.63, 3.8) is 0 Å². The van der Waals surface area contributed by atoms with Gasteiger partial charge < -0.3 is 24.8 Å². The number of hydrogen-bond acceptors (Lipinski definition) is 4. The predicted molar refractivity (Wildman–Crippen MR) is 161 cm³/mol. The molecule has 0 aliphatic carbocycles. The fourth-order valence-corrected chi connectivity index (χ4v) is 5.34. The summed E-state index contributed by atoms with van der Waals surface area (Å²) in [4.78, 5) is 19.1. The van der Waals surface area contributed by atoms with E-state index in [4.69, 9.17) is 17.0 Å². The van der Waals surface area contributed by atoms with E-state index in [1.807, 2.05) is 94.5 Å². The Morgan fingerprint density at radius 2 is 1.73 bits per heavy atom. The summed E-state index contributed by atoms with van der Waals surface area (Å²) in [6.07, 6.45) is 3.67. The molecule has 0 unspecified atom stereocenters. The molecule has 41 heavy (non-hydrogen) atoms. The molecule has 2 N–H and O–H groups in total. The number of anilines is 2. The number of carbonyl (C=O) groups is 1. The number of pyridine rings is 1. The van der Waals surface area contributed by atoms with E-state index < -0.39 is 0 Å². The Hall–Kier alpha value is -5.02. The second-order valence-corrected chi connectivity index (χ2v) is 9.86. The van der Waals surface area contributed by atoms with Gasteiger partial charge in [-0.3, -0.25) is 9.78 Å². The van der Waals surface area contributed by atoms with Gasteiger partial charge in [-0.05, 0) is 91.1 Å². The molecule has 7 nitrogen and oxygen atoms in total. The topological polar surface area (TPSA) is 71.4 Å². The molecular weight excluding hydrogens is 537 g/mol. The monoisotopic (exact) mass is 563 g/mol. The number of rotatable bonds is 8. The molecule has 1 aliphatic rings. The van der Waals surface area contributed by atoms with Crippen molar-refractivity contribution in [3.05, 3.63) is 139 Å². The van der Waals surface area contributed by atoms with Crippen molar-refractivity contribution < 1.29 is 13.9 Å². The van der Waals surface area contributed by atoms with E-state index in [9.17, 15) is 9.18 Å². The molecule has 9 heteroatoms. The zero-order chi connectivity index (χ0) is 28.2. The van der Waals surface area contributed by atoms with Crippen LogP contribution in [0.15, 0.2) is 122 Å². The Balaban J connectivity index is 1.29. The van der Waals surface area contributed by atoms with Gasteiger partial charge in [0.1, 0.15) is 17.6 Å². The van der Waals surface area contributed by atoms with Crippen LogP contribution >= 0.6 is 12.2 Å². The summed E-state index contributed by atoms with van der Waals surface area (Å²) in [6, 6.07) is 32.3. The third-order valence-electron chi connectivity index (χ3n) is 6.81. The molecule has 1 amide bonds. The molecule has 1 aliphatic heterocycles. The first-order chi connectivity index (χ1) is 20.1. The van der Waals surface area contributed by atoms with Crippen LogP contribution in [0.25, 0.3) is 5.69 Å². The largest absolute Gasteiger partial charge is 0.484 e. The second-order valence-electron chi connectivity index (χ2n) is 9.48. The van der Waals surface area contributed by atoms with Crippen molar-refractivity contribution in [3.8, 4) is 11.4 Å². The van der Waals surface area contributed by atoms with Crippen LogP contribution in [0, 0.1) is 5.82 Å². The first-order valence-electron chi connectivity index (χ1n) is 13.1. The molecule has 3 heterocycles. The smallest absolute Gasteiger partial charge is 0.262 e. The van der Waals surface area contributed by atoms with Gasteiger partial charge in [0, 0.05) is 35.1 Å². The van der Waals surface area contributed by atoms with Gasteiger partial charge in [-0.2, -0.15) is 0 Å². The zero-order valence-corrected chi connectivity index (χ0v) is 22.7. The minimum absolute atomic E-state index is 0.100. The van der Waals surface area contributed by atoms with E-state index in [1.54, 1.807) is 24.4 Å². The zero-order valence-electron chi connectivity index (χ0n) is 21.9. The van der Waals surface area contributed by atoms with E-state index in [2.05, 4.69) is 15.6 Å². The summed E-state index contributed by atoms with van der Waals surface area (Å²) in [6.45, 7) is -0.100. The van der Waals surface area contributed by atoms with E-state index >= 15 is 0 Å². The number of carbonyl (C=O) groups excluding carboxylic acids is 1. The van der Waals surface area contributed by atoms with Crippen LogP contribution in [0.2, 0.25) is 0 Å². The molecule has 0 spiro atoms. The normalized spacial score (nSPS) is 16.3. The predicted octanol–water partition coefficient (Wildman–Crippen LogP) is 6.21. The molecule has 2 aromatic heterocycles. The maximum absolute atomic E-state index is 14.2. The first kappa shape index (κ1) is 26.2. The number of para-hydroxylation sites is 1. The summed E-state index contributed by atoms with van der Waals surface area (Å²) >= 11 is 5.85. The maximum atomic E-state index is 14.2. The van der Waals surface area contributed by atoms with Gasteiger partial charge in [0.2, 0.25) is 0 Å². The van der Waals surface area contributed by atoms with Crippen molar-refractivity contribution in [1.29, 1.82) is 0 Å². The highest BCUT2D eigenvalue weighted by molar-refractivity contribution is 7.80. The van der Waals surface area contributed by atoms with Crippen LogP contribution in [0.4, 0.5) is 15.8 Å². The van der Waals surface area contributed by atoms with Crippen LogP contribution in [0.1, 0.15) is 23.5 Å². The SMILES string of the molecule is O=C(COc1ccccc1)Nc1ccc(N2C(=S)N[C@@H](c3ccccn3)[C@@H]2c2cccn2-c2cccc(F)c2)cc1. The second kappa shape index (κ2) is 11.6. The number of amides is 1. The molecule has 5 aromatic rings. The number of thiocarbonyl (C=S) groups is 1. The quantitative estimate of drug-likeness (QED) is 0.219. The number of aromatic nitrogens is 2. The molecule has 0 bridgehead atoms. The van der Waals surface area contributed by atoms with Gasteiger partial charge in [0.25, 0.3) is 5.91 Å². The van der Waals surface area contributed by atoms with Gasteiger partial charge >= 0.3 is 0 Å². The minimum Gasteiger partial charge on any atom is -0.484 e. The standard InChI is InChI=1S/C32H26FN5O2S/c33-22-8-6-9-25(20-22)37-19-7-13-28(37)31-30(27-12-4-5-18-34-27)36-32(41)38(31)24-16-14-23(15-17-24)35-29(39)21-40-26-10-2-1-3-11-26/h1-20,30-31H,21H2,(H,35,39)(H,36,41)/t30-,31-/m0/s1. The molecule has 1 fully saturated rings. The summed E-state index contributed by atoms with van der Waals surface area (Å²) in [5.41, 5.74) is 3.91. The summed E-state index contributed by atoms with van der Waals surface area (Å²) in [7, 11) is 0. The van der Waals surface area contributed by atoms with Crippen molar-refractivity contribution in [2.45, 2.75) is 12.1 Å². The lowest BCUT2D eigenvalue weighted by atomic mass is 10.0. The Morgan fingerprint density at radius 1 is 0.927 bits per heavy atom. The van der Waals surface area contributed by atoms with Crippen LogP contribution in [-0.2, 0) is 4.79 Å². The number of hydrogen-bond donors (Lipinski definition) is 2. The average Bonchev–Trinajstić information content (AvgIpc) is 3.62. The van der Waals surface area contributed by atoms with Crippen LogP contribution in [0.5, 0.6) is 5.75 Å². The summed E-state index contributed by atoms with van der Waals surface area (Å²) < 4.78 is 21.7. The maximum Gasteiger partial charge on any atom is 0.262 e. The van der Waals surface area contributed by atoms with E-state index in [0.29, 0.717) is 22.2 Å². The first-order valence-corrected chi connectivity index (χ1v) is 13.5. The minimum atomic E-state index is -0.313. The van der Waals surface area contributed by atoms with E-state index in [-0.39, 0.29) is 30.4 Å². The summed E-state index contributed by atoms with van der Waals surface area (Å²) in [5, 5.41) is 6.85. The molecule has 0 radical (unpaired) electrons. The molecule has 204 valence electrons. The van der Waals surface area contributed by atoms with Gasteiger partial charge in [-0.25, -0.2) is 4.39 Å². The highest BCUT2D eigenvalue weighted by Gasteiger charge is 2.42. The molecule has 0 saturated carbocycles.